The topological polar surface area (TPSA) is 60.3 Å². The van der Waals surface area contributed by atoms with Crippen molar-refractivity contribution in [3.05, 3.63) is 58.1 Å². The zero-order chi connectivity index (χ0) is 20.4. The number of amides is 1. The van der Waals surface area contributed by atoms with E-state index in [1.807, 2.05) is 19.9 Å². The summed E-state index contributed by atoms with van der Waals surface area (Å²) >= 11 is 5.68. The van der Waals surface area contributed by atoms with Gasteiger partial charge in [0.05, 0.1) is 5.69 Å². The second-order valence-corrected chi connectivity index (χ2v) is 7.39. The number of carbonyl (C=O) groups excluding carboxylic acids is 2. The van der Waals surface area contributed by atoms with Gasteiger partial charge in [0, 0.05) is 28.5 Å². The number of ether oxygens (including phenoxy) is 1. The fraction of sp³-hybridized carbons (Fsp3) is 0.333. The first kappa shape index (κ1) is 20.1. The molecule has 0 radical (unpaired) electrons. The Balaban J connectivity index is 1.58. The van der Waals surface area contributed by atoms with Crippen LogP contribution in [0.4, 0.5) is 10.1 Å². The molecule has 1 aliphatic rings. The molecule has 148 valence electrons. The van der Waals surface area contributed by atoms with E-state index in [1.54, 1.807) is 6.08 Å². The molecule has 0 spiro atoms. The van der Waals surface area contributed by atoms with Crippen molar-refractivity contribution in [2.75, 3.05) is 5.32 Å². The Labute approximate surface area is 168 Å². The molecule has 5 nitrogen and oxygen atoms in total. The smallest absolute Gasteiger partial charge is 0.331 e. The van der Waals surface area contributed by atoms with E-state index in [0.29, 0.717) is 6.04 Å². The minimum atomic E-state index is -1.08. The molecule has 0 bridgehead atoms. The molecule has 1 fully saturated rings. The zero-order valence-electron chi connectivity index (χ0n) is 16.0. The third-order valence-electron chi connectivity index (χ3n) is 4.69. The van der Waals surface area contributed by atoms with Crippen molar-refractivity contribution in [1.29, 1.82) is 0 Å². The molecule has 1 saturated carbocycles. The maximum absolute atomic E-state index is 13.8. The van der Waals surface area contributed by atoms with Gasteiger partial charge in [-0.3, -0.25) is 4.79 Å². The lowest BCUT2D eigenvalue weighted by molar-refractivity contribution is -0.148. The van der Waals surface area contributed by atoms with Gasteiger partial charge in [-0.25, -0.2) is 9.18 Å². The van der Waals surface area contributed by atoms with Crippen LogP contribution in [-0.4, -0.2) is 22.5 Å². The summed E-state index contributed by atoms with van der Waals surface area (Å²) in [6.45, 7) is 5.49. The number of nitrogens with one attached hydrogen (secondary N) is 1. The van der Waals surface area contributed by atoms with Crippen molar-refractivity contribution in [3.63, 3.8) is 0 Å². The molecule has 0 aliphatic heterocycles. The van der Waals surface area contributed by atoms with Crippen LogP contribution in [0.25, 0.3) is 6.08 Å². The van der Waals surface area contributed by atoms with Crippen molar-refractivity contribution in [2.45, 2.75) is 45.8 Å². The fourth-order valence-electron chi connectivity index (χ4n) is 3.12. The van der Waals surface area contributed by atoms with Gasteiger partial charge in [-0.15, -0.1) is 0 Å². The van der Waals surface area contributed by atoms with Gasteiger partial charge < -0.3 is 14.6 Å². The first-order valence-electron chi connectivity index (χ1n) is 9.09. The second kappa shape index (κ2) is 8.19. The predicted molar refractivity (Wildman–Crippen MR) is 107 cm³/mol. The van der Waals surface area contributed by atoms with Crippen molar-refractivity contribution >= 4 is 35.2 Å². The molecule has 0 saturated heterocycles. The molecule has 1 atom stereocenters. The van der Waals surface area contributed by atoms with Gasteiger partial charge in [-0.1, -0.05) is 11.6 Å². The number of rotatable bonds is 6. The number of aromatic nitrogens is 1. The molecule has 1 amide bonds. The Bertz CT molecular complexity index is 947. The lowest BCUT2D eigenvalue weighted by atomic mass is 10.2. The van der Waals surface area contributed by atoms with Crippen LogP contribution in [0.15, 0.2) is 30.3 Å². The monoisotopic (exact) mass is 404 g/mol. The molecule has 1 N–H and O–H groups in total. The van der Waals surface area contributed by atoms with Crippen LogP contribution in [0.3, 0.4) is 0 Å². The minimum Gasteiger partial charge on any atom is -0.449 e. The molecule has 1 aromatic heterocycles. The fourth-order valence-corrected chi connectivity index (χ4v) is 3.27. The van der Waals surface area contributed by atoms with Gasteiger partial charge in [0.25, 0.3) is 5.91 Å². The van der Waals surface area contributed by atoms with Crippen LogP contribution in [0, 0.1) is 19.7 Å². The van der Waals surface area contributed by atoms with E-state index >= 15 is 0 Å². The highest BCUT2D eigenvalue weighted by Crippen LogP contribution is 2.38. The maximum atomic E-state index is 13.8. The van der Waals surface area contributed by atoms with E-state index in [1.165, 1.54) is 38.0 Å². The summed E-state index contributed by atoms with van der Waals surface area (Å²) in [5.74, 6) is -1.93. The number of esters is 1. The number of halogens is 2. The quantitative estimate of drug-likeness (QED) is 0.554. The number of benzene rings is 1. The molecule has 7 heteroatoms. The maximum Gasteiger partial charge on any atom is 0.331 e. The van der Waals surface area contributed by atoms with Gasteiger partial charge in [-0.2, -0.15) is 0 Å². The third-order valence-corrected chi connectivity index (χ3v) is 4.92. The molecule has 28 heavy (non-hydrogen) atoms. The van der Waals surface area contributed by atoms with Gasteiger partial charge in [0.1, 0.15) is 5.82 Å². The highest BCUT2D eigenvalue weighted by Gasteiger charge is 2.26. The number of nitrogens with zero attached hydrogens (tertiary/aromatic N) is 1. The highest BCUT2D eigenvalue weighted by atomic mass is 35.5. The van der Waals surface area contributed by atoms with Crippen LogP contribution in [0.5, 0.6) is 0 Å². The first-order chi connectivity index (χ1) is 13.3. The van der Waals surface area contributed by atoms with Crippen LogP contribution in [0.2, 0.25) is 5.02 Å². The Morgan fingerprint density at radius 3 is 2.68 bits per heavy atom. The van der Waals surface area contributed by atoms with Crippen LogP contribution in [-0.2, 0) is 14.3 Å². The summed E-state index contributed by atoms with van der Waals surface area (Å²) in [4.78, 5) is 24.2. The Morgan fingerprint density at radius 2 is 2.04 bits per heavy atom. The SMILES string of the molecule is Cc1cc(/C=C/C(=O)O[C@H](C)C(=O)Nc2ccc(Cl)cc2F)c(C)n1C1CC1. The lowest BCUT2D eigenvalue weighted by Gasteiger charge is -2.13. The minimum absolute atomic E-state index is 0.0274. The van der Waals surface area contributed by atoms with Gasteiger partial charge in [-0.05, 0) is 69.5 Å². The van der Waals surface area contributed by atoms with Crippen LogP contribution in [0.1, 0.15) is 42.8 Å². The molecule has 1 aliphatic carbocycles. The third kappa shape index (κ3) is 4.62. The van der Waals surface area contributed by atoms with Gasteiger partial charge in [0.2, 0.25) is 0 Å². The van der Waals surface area contributed by atoms with Gasteiger partial charge >= 0.3 is 5.97 Å². The van der Waals surface area contributed by atoms with E-state index in [2.05, 4.69) is 9.88 Å². The number of carbonyl (C=O) groups is 2. The largest absolute Gasteiger partial charge is 0.449 e. The summed E-state index contributed by atoms with van der Waals surface area (Å²) in [6, 6.07) is 6.48. The molecule has 3 rings (SSSR count). The number of hydrogen-bond donors (Lipinski definition) is 1. The van der Waals surface area contributed by atoms with Crippen molar-refractivity contribution in [2.24, 2.45) is 0 Å². The summed E-state index contributed by atoms with van der Waals surface area (Å²) < 4.78 is 21.2. The normalized spacial score (nSPS) is 14.9. The summed E-state index contributed by atoms with van der Waals surface area (Å²) in [5.41, 5.74) is 3.18. The molecular formula is C21H22ClFN2O3. The molecular weight excluding hydrogens is 383 g/mol. The zero-order valence-corrected chi connectivity index (χ0v) is 16.7. The van der Waals surface area contributed by atoms with E-state index in [9.17, 15) is 14.0 Å². The van der Waals surface area contributed by atoms with E-state index in [4.69, 9.17) is 16.3 Å². The average molecular weight is 405 g/mol. The lowest BCUT2D eigenvalue weighted by Crippen LogP contribution is -2.29. The van der Waals surface area contributed by atoms with Gasteiger partial charge in [0.15, 0.2) is 6.10 Å². The van der Waals surface area contributed by atoms with E-state index < -0.39 is 23.8 Å². The highest BCUT2D eigenvalue weighted by molar-refractivity contribution is 6.30. The van der Waals surface area contributed by atoms with Crippen molar-refractivity contribution in [3.8, 4) is 0 Å². The Kier molecular flexibility index (Phi) is 5.89. The van der Waals surface area contributed by atoms with E-state index in [-0.39, 0.29) is 10.7 Å². The van der Waals surface area contributed by atoms with E-state index in [0.717, 1.165) is 23.0 Å². The summed E-state index contributed by atoms with van der Waals surface area (Å²) in [5, 5.41) is 2.60. The van der Waals surface area contributed by atoms with Crippen molar-refractivity contribution < 1.29 is 18.7 Å². The number of hydrogen-bond acceptors (Lipinski definition) is 3. The molecule has 2 aromatic rings. The molecule has 1 heterocycles. The predicted octanol–water partition coefficient (Wildman–Crippen LogP) is 4.82. The van der Waals surface area contributed by atoms with Crippen molar-refractivity contribution in [1.82, 2.24) is 4.57 Å². The first-order valence-corrected chi connectivity index (χ1v) is 9.47. The second-order valence-electron chi connectivity index (χ2n) is 6.95. The summed E-state index contributed by atoms with van der Waals surface area (Å²) in [7, 11) is 0. The number of aryl methyl sites for hydroxylation is 1. The summed E-state index contributed by atoms with van der Waals surface area (Å²) in [6.07, 6.45) is 4.27. The standard InChI is InChI=1S/C21H22ClFN2O3/c1-12-10-15(13(2)25(12)17-6-7-17)4-9-20(26)28-14(3)21(27)24-19-8-5-16(22)11-18(19)23/h4-5,8-11,14,17H,6-7H2,1-3H3,(H,24,27)/b9-4+/t14-/m1/s1. The van der Waals surface area contributed by atoms with Crippen LogP contribution >= 0.6 is 11.6 Å². The molecule has 1 aromatic carbocycles. The Hall–Kier alpha value is -2.60. The number of anilines is 1. The Morgan fingerprint density at radius 1 is 1.32 bits per heavy atom. The molecule has 0 unspecified atom stereocenters. The van der Waals surface area contributed by atoms with Crippen LogP contribution < -0.4 is 5.32 Å². The average Bonchev–Trinajstić information content (AvgIpc) is 3.41.